The van der Waals surface area contributed by atoms with Gasteiger partial charge in [0, 0.05) is 55.8 Å². The van der Waals surface area contributed by atoms with Gasteiger partial charge in [-0.1, -0.05) is 13.8 Å². The van der Waals surface area contributed by atoms with Crippen LogP contribution in [0, 0.1) is 5.92 Å². The Morgan fingerprint density at radius 1 is 1.29 bits per heavy atom. The average molecular weight is 403 g/mol. The minimum atomic E-state index is -3.48. The second-order valence-corrected chi connectivity index (χ2v) is 9.71. The van der Waals surface area contributed by atoms with E-state index in [1.165, 1.54) is 12.5 Å². The van der Waals surface area contributed by atoms with Crippen LogP contribution in [0.3, 0.4) is 0 Å². The van der Waals surface area contributed by atoms with Crippen molar-refractivity contribution in [3.63, 3.8) is 0 Å². The topological polar surface area (TPSA) is 93.1 Å². The van der Waals surface area contributed by atoms with Crippen molar-refractivity contribution in [2.45, 2.75) is 43.9 Å². The van der Waals surface area contributed by atoms with Crippen molar-refractivity contribution >= 4 is 15.7 Å². The Bertz CT molecular complexity index is 945. The summed E-state index contributed by atoms with van der Waals surface area (Å²) in [5, 5.41) is 0. The molecule has 7 nitrogen and oxygen atoms in total. The lowest BCUT2D eigenvalue weighted by Crippen LogP contribution is -2.40. The predicted octanol–water partition coefficient (Wildman–Crippen LogP) is 2.69. The second kappa shape index (κ2) is 8.34. The van der Waals surface area contributed by atoms with Crippen LogP contribution in [0.4, 0.5) is 0 Å². The molecule has 3 rings (SSSR count). The number of aromatic nitrogens is 3. The zero-order valence-corrected chi connectivity index (χ0v) is 17.3. The number of rotatable bonds is 5. The molecule has 0 aromatic carbocycles. The van der Waals surface area contributed by atoms with Crippen LogP contribution in [-0.2, 0) is 14.6 Å². The largest absolute Gasteiger partial charge is 0.342 e. The summed E-state index contributed by atoms with van der Waals surface area (Å²) < 4.78 is 24.7. The summed E-state index contributed by atoms with van der Waals surface area (Å²) in [5.41, 5.74) is 1.28. The van der Waals surface area contributed by atoms with E-state index in [0.29, 0.717) is 31.0 Å². The zero-order chi connectivity index (χ0) is 20.3. The molecule has 0 saturated carbocycles. The highest BCUT2D eigenvalue weighted by Gasteiger charge is 2.30. The van der Waals surface area contributed by atoms with Gasteiger partial charge in [-0.3, -0.25) is 9.78 Å². The van der Waals surface area contributed by atoms with Gasteiger partial charge in [-0.15, -0.1) is 0 Å². The number of sulfone groups is 1. The molecular formula is C20H26N4O3S. The Morgan fingerprint density at radius 3 is 2.64 bits per heavy atom. The molecule has 8 heteroatoms. The van der Waals surface area contributed by atoms with Gasteiger partial charge in [0.2, 0.25) is 5.91 Å². The highest BCUT2D eigenvalue weighted by Crippen LogP contribution is 2.31. The lowest BCUT2D eigenvalue weighted by molar-refractivity contribution is -0.133. The van der Waals surface area contributed by atoms with E-state index in [9.17, 15) is 13.2 Å². The predicted molar refractivity (Wildman–Crippen MR) is 106 cm³/mol. The summed E-state index contributed by atoms with van der Waals surface area (Å²) in [6.07, 6.45) is 7.98. The molecule has 0 radical (unpaired) electrons. The Balaban J connectivity index is 1.97. The number of pyridine rings is 1. The SMILES string of the molecule is CC(C)CC(=O)N1CCCC(c2nc(-c3ccncc3)ncc2S(C)(=O)=O)C1. The Morgan fingerprint density at radius 2 is 2.00 bits per heavy atom. The van der Waals surface area contributed by atoms with Gasteiger partial charge in [-0.05, 0) is 30.9 Å². The van der Waals surface area contributed by atoms with Crippen LogP contribution in [0.25, 0.3) is 11.4 Å². The van der Waals surface area contributed by atoms with E-state index in [1.807, 2.05) is 18.7 Å². The number of nitrogens with zero attached hydrogens (tertiary/aromatic N) is 4. The van der Waals surface area contributed by atoms with Crippen LogP contribution in [0.2, 0.25) is 0 Å². The molecule has 2 aromatic heterocycles. The number of carbonyl (C=O) groups excluding carboxylic acids is 1. The van der Waals surface area contributed by atoms with E-state index >= 15 is 0 Å². The quantitative estimate of drug-likeness (QED) is 0.763. The van der Waals surface area contributed by atoms with E-state index in [1.54, 1.807) is 24.5 Å². The Hall–Kier alpha value is -2.35. The molecule has 1 amide bonds. The van der Waals surface area contributed by atoms with Gasteiger partial charge >= 0.3 is 0 Å². The summed E-state index contributed by atoms with van der Waals surface area (Å²) in [7, 11) is -3.48. The molecule has 2 aromatic rings. The first-order valence-electron chi connectivity index (χ1n) is 9.51. The number of hydrogen-bond acceptors (Lipinski definition) is 6. The summed E-state index contributed by atoms with van der Waals surface area (Å²) in [6, 6.07) is 3.58. The third kappa shape index (κ3) is 4.73. The van der Waals surface area contributed by atoms with E-state index in [0.717, 1.165) is 18.4 Å². The molecular weight excluding hydrogens is 376 g/mol. The first-order chi connectivity index (χ1) is 13.3. The van der Waals surface area contributed by atoms with Gasteiger partial charge in [-0.2, -0.15) is 0 Å². The van der Waals surface area contributed by atoms with Crippen LogP contribution in [0.1, 0.15) is 44.7 Å². The van der Waals surface area contributed by atoms with Crippen LogP contribution in [-0.4, -0.2) is 53.5 Å². The number of hydrogen-bond donors (Lipinski definition) is 0. The molecule has 28 heavy (non-hydrogen) atoms. The van der Waals surface area contributed by atoms with E-state index in [2.05, 4.69) is 15.0 Å². The maximum atomic E-state index is 12.5. The first-order valence-corrected chi connectivity index (χ1v) is 11.4. The van der Waals surface area contributed by atoms with E-state index in [4.69, 9.17) is 0 Å². The van der Waals surface area contributed by atoms with E-state index < -0.39 is 9.84 Å². The van der Waals surface area contributed by atoms with Gasteiger partial charge in [0.25, 0.3) is 0 Å². The molecule has 0 aliphatic carbocycles. The maximum absolute atomic E-state index is 12.5. The minimum Gasteiger partial charge on any atom is -0.342 e. The van der Waals surface area contributed by atoms with Crippen molar-refractivity contribution < 1.29 is 13.2 Å². The second-order valence-electron chi connectivity index (χ2n) is 7.73. The molecule has 1 saturated heterocycles. The standard InChI is InChI=1S/C20H26N4O3S/c1-14(2)11-18(25)24-10-4-5-16(13-24)19-17(28(3,26)27)12-22-20(23-19)15-6-8-21-9-7-15/h6-9,12,14,16H,4-5,10-11,13H2,1-3H3. The maximum Gasteiger partial charge on any atom is 0.222 e. The van der Waals surface area contributed by atoms with Crippen molar-refractivity contribution in [2.24, 2.45) is 5.92 Å². The number of carbonyl (C=O) groups is 1. The van der Waals surface area contributed by atoms with Crippen LogP contribution in [0.5, 0.6) is 0 Å². The monoisotopic (exact) mass is 402 g/mol. The molecule has 0 spiro atoms. The number of amides is 1. The lowest BCUT2D eigenvalue weighted by Gasteiger charge is -2.33. The summed E-state index contributed by atoms with van der Waals surface area (Å²) in [5.74, 6) is 0.745. The molecule has 1 aliphatic rings. The molecule has 150 valence electrons. The van der Waals surface area contributed by atoms with Crippen LogP contribution in [0.15, 0.2) is 35.6 Å². The van der Waals surface area contributed by atoms with Crippen molar-refractivity contribution in [3.8, 4) is 11.4 Å². The average Bonchev–Trinajstić information content (AvgIpc) is 2.67. The Labute approximate surface area is 166 Å². The minimum absolute atomic E-state index is 0.115. The van der Waals surface area contributed by atoms with Gasteiger partial charge in [0.15, 0.2) is 15.7 Å². The highest BCUT2D eigenvalue weighted by atomic mass is 32.2. The Kier molecular flexibility index (Phi) is 6.07. The van der Waals surface area contributed by atoms with Crippen molar-refractivity contribution in [2.75, 3.05) is 19.3 Å². The molecule has 0 N–H and O–H groups in total. The van der Waals surface area contributed by atoms with Crippen molar-refractivity contribution in [3.05, 3.63) is 36.4 Å². The fourth-order valence-electron chi connectivity index (χ4n) is 3.51. The normalized spacial score (nSPS) is 17.7. The number of piperidine rings is 1. The molecule has 1 fully saturated rings. The first kappa shape index (κ1) is 20.4. The molecule has 0 bridgehead atoms. The highest BCUT2D eigenvalue weighted by molar-refractivity contribution is 7.90. The lowest BCUT2D eigenvalue weighted by atomic mass is 9.93. The third-order valence-corrected chi connectivity index (χ3v) is 5.98. The van der Waals surface area contributed by atoms with Crippen LogP contribution < -0.4 is 0 Å². The molecule has 1 aliphatic heterocycles. The number of likely N-dealkylation sites (tertiary alicyclic amines) is 1. The van der Waals surface area contributed by atoms with Gasteiger partial charge < -0.3 is 4.90 Å². The summed E-state index contributed by atoms with van der Waals surface area (Å²) in [6.45, 7) is 5.23. The molecule has 1 unspecified atom stereocenters. The van der Waals surface area contributed by atoms with Crippen LogP contribution >= 0.6 is 0 Å². The van der Waals surface area contributed by atoms with Crippen molar-refractivity contribution in [1.29, 1.82) is 0 Å². The summed E-state index contributed by atoms with van der Waals surface area (Å²) >= 11 is 0. The molecule has 1 atom stereocenters. The fourth-order valence-corrected chi connectivity index (χ4v) is 4.34. The summed E-state index contributed by atoms with van der Waals surface area (Å²) in [4.78, 5) is 27.4. The van der Waals surface area contributed by atoms with Gasteiger partial charge in [0.1, 0.15) is 4.90 Å². The third-order valence-electron chi connectivity index (χ3n) is 4.86. The van der Waals surface area contributed by atoms with Crippen molar-refractivity contribution in [1.82, 2.24) is 19.9 Å². The van der Waals surface area contributed by atoms with Gasteiger partial charge in [0.05, 0.1) is 5.69 Å². The van der Waals surface area contributed by atoms with E-state index in [-0.39, 0.29) is 22.6 Å². The zero-order valence-electron chi connectivity index (χ0n) is 16.5. The fraction of sp³-hybridized carbons (Fsp3) is 0.500. The smallest absolute Gasteiger partial charge is 0.222 e. The molecule has 3 heterocycles. The van der Waals surface area contributed by atoms with Gasteiger partial charge in [-0.25, -0.2) is 18.4 Å².